The molecule has 0 amide bonds. The Morgan fingerprint density at radius 3 is 3.08 bits per heavy atom. The average Bonchev–Trinajstić information content (AvgIpc) is 2.49. The summed E-state index contributed by atoms with van der Waals surface area (Å²) in [5.74, 6) is 1.50. The molecule has 0 saturated carbocycles. The molecule has 2 heterocycles. The number of rotatable bonds is 2. The Hall–Kier alpha value is -1.49. The Kier molecular flexibility index (Phi) is 1.94. The molecule has 0 radical (unpaired) electrons. The van der Waals surface area contributed by atoms with Crippen molar-refractivity contribution in [3.63, 3.8) is 0 Å². The van der Waals surface area contributed by atoms with E-state index in [1.54, 1.807) is 6.20 Å². The molecule has 0 aliphatic rings. The first kappa shape index (κ1) is 8.12. The molecular weight excluding hydrogens is 166 g/mol. The summed E-state index contributed by atoms with van der Waals surface area (Å²) in [6.45, 7) is 2.56. The molecular formula is C8H11N5. The normalized spacial score (nSPS) is 10.9. The number of fused-ring (bicyclic) bond motifs is 1. The van der Waals surface area contributed by atoms with Crippen molar-refractivity contribution in [2.24, 2.45) is 5.73 Å². The van der Waals surface area contributed by atoms with Gasteiger partial charge in [0.15, 0.2) is 0 Å². The maximum Gasteiger partial charge on any atom is 0.254 e. The molecule has 0 saturated heterocycles. The Morgan fingerprint density at radius 2 is 2.31 bits per heavy atom. The van der Waals surface area contributed by atoms with E-state index in [-0.39, 0.29) is 0 Å². The van der Waals surface area contributed by atoms with E-state index >= 15 is 0 Å². The predicted octanol–water partition coefficient (Wildman–Crippen LogP) is -0.0661. The van der Waals surface area contributed by atoms with Gasteiger partial charge in [-0.15, -0.1) is 10.2 Å². The average molecular weight is 177 g/mol. The van der Waals surface area contributed by atoms with Crippen molar-refractivity contribution in [2.75, 3.05) is 6.54 Å². The predicted molar refractivity (Wildman–Crippen MR) is 48.3 cm³/mol. The minimum atomic E-state index is 0.578. The zero-order valence-electron chi connectivity index (χ0n) is 7.44. The lowest BCUT2D eigenvalue weighted by Crippen LogP contribution is -2.06. The van der Waals surface area contributed by atoms with Crippen molar-refractivity contribution in [2.45, 2.75) is 13.3 Å². The molecule has 0 fully saturated rings. The molecule has 0 aliphatic carbocycles. The van der Waals surface area contributed by atoms with Crippen LogP contribution >= 0.6 is 0 Å². The number of aryl methyl sites for hydroxylation is 1. The second-order valence-corrected chi connectivity index (χ2v) is 2.96. The van der Waals surface area contributed by atoms with Gasteiger partial charge in [0.2, 0.25) is 0 Å². The SMILES string of the molecule is Cc1cnc2nnc(CCN)n2c1. The van der Waals surface area contributed by atoms with Crippen LogP contribution in [0.25, 0.3) is 5.78 Å². The molecule has 2 aromatic rings. The quantitative estimate of drug-likeness (QED) is 0.697. The smallest absolute Gasteiger partial charge is 0.254 e. The van der Waals surface area contributed by atoms with E-state index in [9.17, 15) is 0 Å². The lowest BCUT2D eigenvalue weighted by atomic mass is 10.4. The van der Waals surface area contributed by atoms with E-state index in [1.165, 1.54) is 0 Å². The second-order valence-electron chi connectivity index (χ2n) is 2.96. The first-order chi connectivity index (χ1) is 6.31. The van der Waals surface area contributed by atoms with Gasteiger partial charge in [-0.1, -0.05) is 0 Å². The fraction of sp³-hybridized carbons (Fsp3) is 0.375. The Morgan fingerprint density at radius 1 is 1.46 bits per heavy atom. The summed E-state index contributed by atoms with van der Waals surface area (Å²) in [6, 6.07) is 0. The van der Waals surface area contributed by atoms with Gasteiger partial charge in [0.05, 0.1) is 0 Å². The molecule has 2 rings (SSSR count). The van der Waals surface area contributed by atoms with E-state index in [4.69, 9.17) is 5.73 Å². The van der Waals surface area contributed by atoms with E-state index in [1.807, 2.05) is 17.5 Å². The van der Waals surface area contributed by atoms with Crippen molar-refractivity contribution in [3.05, 3.63) is 23.8 Å². The van der Waals surface area contributed by atoms with E-state index in [0.717, 1.165) is 17.8 Å². The molecule has 0 atom stereocenters. The number of hydrogen-bond donors (Lipinski definition) is 1. The lowest BCUT2D eigenvalue weighted by molar-refractivity contribution is 0.845. The van der Waals surface area contributed by atoms with Crippen molar-refractivity contribution >= 4 is 5.78 Å². The number of nitrogens with two attached hydrogens (primary N) is 1. The van der Waals surface area contributed by atoms with Crippen LogP contribution < -0.4 is 5.73 Å². The fourth-order valence-corrected chi connectivity index (χ4v) is 1.23. The monoisotopic (exact) mass is 177 g/mol. The van der Waals surface area contributed by atoms with Crippen LogP contribution in [0.3, 0.4) is 0 Å². The number of hydrogen-bond acceptors (Lipinski definition) is 4. The van der Waals surface area contributed by atoms with Gasteiger partial charge in [-0.25, -0.2) is 4.98 Å². The molecule has 0 bridgehead atoms. The Bertz CT molecular complexity index is 419. The van der Waals surface area contributed by atoms with Gasteiger partial charge in [-0.3, -0.25) is 4.40 Å². The lowest BCUT2D eigenvalue weighted by Gasteiger charge is -1.97. The molecule has 5 heteroatoms. The largest absolute Gasteiger partial charge is 0.330 e. The maximum absolute atomic E-state index is 5.45. The van der Waals surface area contributed by atoms with Gasteiger partial charge in [0.25, 0.3) is 5.78 Å². The summed E-state index contributed by atoms with van der Waals surface area (Å²) in [4.78, 5) is 4.13. The number of nitrogens with zero attached hydrogens (tertiary/aromatic N) is 4. The minimum absolute atomic E-state index is 0.578. The topological polar surface area (TPSA) is 69.1 Å². The van der Waals surface area contributed by atoms with Gasteiger partial charge in [0.1, 0.15) is 5.82 Å². The first-order valence-electron chi connectivity index (χ1n) is 4.17. The standard InChI is InChI=1S/C8H11N5/c1-6-4-10-8-12-11-7(2-3-9)13(8)5-6/h4-5H,2-3,9H2,1H3. The zero-order chi connectivity index (χ0) is 9.26. The first-order valence-corrected chi connectivity index (χ1v) is 4.17. The highest BCUT2D eigenvalue weighted by molar-refractivity contribution is 5.28. The number of aromatic nitrogens is 4. The molecule has 2 aromatic heterocycles. The molecule has 13 heavy (non-hydrogen) atoms. The summed E-state index contributed by atoms with van der Waals surface area (Å²) in [5, 5.41) is 7.92. The highest BCUT2D eigenvalue weighted by Gasteiger charge is 2.04. The second kappa shape index (κ2) is 3.10. The maximum atomic E-state index is 5.45. The molecule has 0 aromatic carbocycles. The Balaban J connectivity index is 2.58. The van der Waals surface area contributed by atoms with Crippen LogP contribution in [0.5, 0.6) is 0 Å². The molecule has 68 valence electrons. The van der Waals surface area contributed by atoms with E-state index in [0.29, 0.717) is 12.3 Å². The van der Waals surface area contributed by atoms with Gasteiger partial charge in [-0.05, 0) is 19.0 Å². The molecule has 2 N–H and O–H groups in total. The summed E-state index contributed by atoms with van der Waals surface area (Å²) in [5.41, 5.74) is 6.54. The summed E-state index contributed by atoms with van der Waals surface area (Å²) < 4.78 is 1.88. The summed E-state index contributed by atoms with van der Waals surface area (Å²) in [7, 11) is 0. The van der Waals surface area contributed by atoms with Crippen molar-refractivity contribution < 1.29 is 0 Å². The van der Waals surface area contributed by atoms with Crippen LogP contribution in [0.2, 0.25) is 0 Å². The van der Waals surface area contributed by atoms with Crippen LogP contribution in [0.1, 0.15) is 11.4 Å². The van der Waals surface area contributed by atoms with Crippen molar-refractivity contribution in [1.29, 1.82) is 0 Å². The van der Waals surface area contributed by atoms with Gasteiger partial charge in [0, 0.05) is 18.8 Å². The third-order valence-electron chi connectivity index (χ3n) is 1.83. The Labute approximate surface area is 75.6 Å². The third kappa shape index (κ3) is 1.38. The van der Waals surface area contributed by atoms with Crippen LogP contribution in [0.15, 0.2) is 12.4 Å². The van der Waals surface area contributed by atoms with Gasteiger partial charge >= 0.3 is 0 Å². The van der Waals surface area contributed by atoms with Crippen LogP contribution in [0.4, 0.5) is 0 Å². The molecule has 0 spiro atoms. The van der Waals surface area contributed by atoms with Crippen molar-refractivity contribution in [1.82, 2.24) is 19.6 Å². The van der Waals surface area contributed by atoms with Gasteiger partial charge in [-0.2, -0.15) is 0 Å². The van der Waals surface area contributed by atoms with Crippen LogP contribution in [0, 0.1) is 6.92 Å². The van der Waals surface area contributed by atoms with Crippen molar-refractivity contribution in [3.8, 4) is 0 Å². The minimum Gasteiger partial charge on any atom is -0.330 e. The summed E-state index contributed by atoms with van der Waals surface area (Å²) in [6.07, 6.45) is 4.47. The molecule has 0 unspecified atom stereocenters. The fourth-order valence-electron chi connectivity index (χ4n) is 1.23. The van der Waals surface area contributed by atoms with E-state index in [2.05, 4.69) is 15.2 Å². The van der Waals surface area contributed by atoms with Crippen LogP contribution in [-0.4, -0.2) is 26.1 Å². The highest BCUT2D eigenvalue weighted by atomic mass is 15.3. The highest BCUT2D eigenvalue weighted by Crippen LogP contribution is 2.02. The van der Waals surface area contributed by atoms with Gasteiger partial charge < -0.3 is 5.73 Å². The molecule has 0 aliphatic heterocycles. The van der Waals surface area contributed by atoms with Crippen LogP contribution in [-0.2, 0) is 6.42 Å². The third-order valence-corrected chi connectivity index (χ3v) is 1.83. The molecule has 5 nitrogen and oxygen atoms in total. The zero-order valence-corrected chi connectivity index (χ0v) is 7.44. The summed E-state index contributed by atoms with van der Waals surface area (Å²) >= 11 is 0. The van der Waals surface area contributed by atoms with E-state index < -0.39 is 0 Å².